The van der Waals surface area contributed by atoms with E-state index in [1.165, 1.54) is 0 Å². The van der Waals surface area contributed by atoms with Gasteiger partial charge in [0.2, 0.25) is 0 Å². The van der Waals surface area contributed by atoms with Crippen LogP contribution in [0.25, 0.3) is 0 Å². The minimum Gasteiger partial charge on any atom is -0.328 e. The highest BCUT2D eigenvalue weighted by Gasteiger charge is 2.26. The van der Waals surface area contributed by atoms with Crippen LogP contribution in [0.2, 0.25) is 0 Å². The molecule has 14 heavy (non-hydrogen) atoms. The van der Waals surface area contributed by atoms with Gasteiger partial charge in [-0.25, -0.2) is 0 Å². The minimum absolute atomic E-state index is 0.0766. The van der Waals surface area contributed by atoms with Crippen molar-refractivity contribution in [1.29, 1.82) is 0 Å². The topological polar surface area (TPSA) is 26.0 Å². The maximum atomic E-state index is 11.8. The molecular formula is C10H20F3N. The van der Waals surface area contributed by atoms with Crippen molar-refractivity contribution >= 4 is 0 Å². The van der Waals surface area contributed by atoms with Crippen molar-refractivity contribution in [3.8, 4) is 0 Å². The summed E-state index contributed by atoms with van der Waals surface area (Å²) in [5.41, 5.74) is 5.71. The van der Waals surface area contributed by atoms with Gasteiger partial charge in [-0.2, -0.15) is 13.2 Å². The molecule has 0 aromatic carbocycles. The summed E-state index contributed by atoms with van der Waals surface area (Å²) < 4.78 is 35.4. The SMILES string of the molecule is CCC(C)CC(N)CCCC(F)(F)F. The van der Waals surface area contributed by atoms with E-state index in [1.807, 2.05) is 0 Å². The zero-order chi connectivity index (χ0) is 11.2. The van der Waals surface area contributed by atoms with Crippen LogP contribution in [0.4, 0.5) is 13.2 Å². The van der Waals surface area contributed by atoms with Crippen molar-refractivity contribution in [1.82, 2.24) is 0 Å². The minimum atomic E-state index is -4.03. The summed E-state index contributed by atoms with van der Waals surface area (Å²) in [7, 11) is 0. The second kappa shape index (κ2) is 6.27. The Labute approximate surface area is 83.9 Å². The summed E-state index contributed by atoms with van der Waals surface area (Å²) in [5.74, 6) is 0.510. The van der Waals surface area contributed by atoms with Crippen molar-refractivity contribution in [2.45, 2.75) is 58.2 Å². The summed E-state index contributed by atoms with van der Waals surface area (Å²) in [4.78, 5) is 0. The van der Waals surface area contributed by atoms with Gasteiger partial charge in [0.25, 0.3) is 0 Å². The summed E-state index contributed by atoms with van der Waals surface area (Å²) in [5, 5.41) is 0. The summed E-state index contributed by atoms with van der Waals surface area (Å²) >= 11 is 0. The van der Waals surface area contributed by atoms with Crippen LogP contribution in [-0.2, 0) is 0 Å². The van der Waals surface area contributed by atoms with Crippen molar-refractivity contribution in [2.24, 2.45) is 11.7 Å². The van der Waals surface area contributed by atoms with Gasteiger partial charge in [0, 0.05) is 12.5 Å². The molecular weight excluding hydrogens is 191 g/mol. The van der Waals surface area contributed by atoms with E-state index in [9.17, 15) is 13.2 Å². The number of nitrogens with two attached hydrogens (primary N) is 1. The fraction of sp³-hybridized carbons (Fsp3) is 1.00. The monoisotopic (exact) mass is 211 g/mol. The highest BCUT2D eigenvalue weighted by atomic mass is 19.4. The molecule has 0 aliphatic carbocycles. The van der Waals surface area contributed by atoms with Gasteiger partial charge in [-0.15, -0.1) is 0 Å². The van der Waals surface area contributed by atoms with Crippen LogP contribution < -0.4 is 5.73 Å². The van der Waals surface area contributed by atoms with Crippen LogP contribution in [0, 0.1) is 5.92 Å². The fourth-order valence-corrected chi connectivity index (χ4v) is 1.37. The van der Waals surface area contributed by atoms with Crippen molar-refractivity contribution in [3.63, 3.8) is 0 Å². The lowest BCUT2D eigenvalue weighted by atomic mass is 9.96. The molecule has 2 N–H and O–H groups in total. The molecule has 86 valence electrons. The first-order valence-corrected chi connectivity index (χ1v) is 5.17. The van der Waals surface area contributed by atoms with Crippen LogP contribution in [0.3, 0.4) is 0 Å². The third-order valence-electron chi connectivity index (χ3n) is 2.44. The van der Waals surface area contributed by atoms with Crippen LogP contribution in [0.5, 0.6) is 0 Å². The quantitative estimate of drug-likeness (QED) is 0.715. The number of rotatable bonds is 6. The van der Waals surface area contributed by atoms with E-state index in [0.29, 0.717) is 12.3 Å². The molecule has 0 aromatic rings. The van der Waals surface area contributed by atoms with Crippen LogP contribution in [-0.4, -0.2) is 12.2 Å². The molecule has 0 saturated heterocycles. The Morgan fingerprint density at radius 1 is 1.29 bits per heavy atom. The average Bonchev–Trinajstić information content (AvgIpc) is 2.01. The van der Waals surface area contributed by atoms with Gasteiger partial charge < -0.3 is 5.73 Å². The first kappa shape index (κ1) is 13.8. The summed E-state index contributed by atoms with van der Waals surface area (Å²) in [6, 6.07) is -0.0766. The number of hydrogen-bond acceptors (Lipinski definition) is 1. The molecule has 0 bridgehead atoms. The van der Waals surface area contributed by atoms with Gasteiger partial charge in [-0.3, -0.25) is 0 Å². The van der Waals surface area contributed by atoms with Gasteiger partial charge in [0.05, 0.1) is 0 Å². The predicted molar refractivity (Wildman–Crippen MR) is 52.0 cm³/mol. The zero-order valence-electron chi connectivity index (χ0n) is 8.90. The summed E-state index contributed by atoms with van der Waals surface area (Å²) in [6.45, 7) is 4.14. The molecule has 0 fully saturated rings. The highest BCUT2D eigenvalue weighted by molar-refractivity contribution is 4.66. The van der Waals surface area contributed by atoms with E-state index < -0.39 is 12.6 Å². The van der Waals surface area contributed by atoms with E-state index in [4.69, 9.17) is 5.73 Å². The first-order chi connectivity index (χ1) is 6.35. The molecule has 0 aliphatic heterocycles. The smallest absolute Gasteiger partial charge is 0.328 e. The second-order valence-electron chi connectivity index (χ2n) is 4.02. The predicted octanol–water partition coefficient (Wildman–Crippen LogP) is 3.48. The lowest BCUT2D eigenvalue weighted by Crippen LogP contribution is -2.23. The molecule has 0 aliphatic rings. The van der Waals surface area contributed by atoms with Gasteiger partial charge >= 0.3 is 6.18 Å². The van der Waals surface area contributed by atoms with Gasteiger partial charge in [-0.05, 0) is 25.2 Å². The largest absolute Gasteiger partial charge is 0.389 e. The lowest BCUT2D eigenvalue weighted by Gasteiger charge is -2.16. The Balaban J connectivity index is 3.49. The van der Waals surface area contributed by atoms with E-state index in [1.54, 1.807) is 0 Å². The number of halogens is 3. The fourth-order valence-electron chi connectivity index (χ4n) is 1.37. The van der Waals surface area contributed by atoms with Crippen molar-refractivity contribution in [3.05, 3.63) is 0 Å². The first-order valence-electron chi connectivity index (χ1n) is 5.17. The average molecular weight is 211 g/mol. The Bertz CT molecular complexity index is 145. The molecule has 0 aromatic heterocycles. The Hall–Kier alpha value is -0.250. The van der Waals surface area contributed by atoms with Gasteiger partial charge in [0.1, 0.15) is 0 Å². The van der Waals surface area contributed by atoms with E-state index >= 15 is 0 Å². The maximum Gasteiger partial charge on any atom is 0.389 e. The maximum absolute atomic E-state index is 11.8. The molecule has 0 heterocycles. The molecule has 0 rings (SSSR count). The van der Waals surface area contributed by atoms with Gasteiger partial charge in [-0.1, -0.05) is 20.3 Å². The molecule has 0 spiro atoms. The molecule has 4 heteroatoms. The molecule has 1 nitrogen and oxygen atoms in total. The van der Waals surface area contributed by atoms with Crippen molar-refractivity contribution < 1.29 is 13.2 Å². The van der Waals surface area contributed by atoms with E-state index in [0.717, 1.165) is 12.8 Å². The third kappa shape index (κ3) is 8.35. The van der Waals surface area contributed by atoms with Crippen LogP contribution >= 0.6 is 0 Å². The standard InChI is InChI=1S/C10H20F3N/c1-3-8(2)7-9(14)5-4-6-10(11,12)13/h8-9H,3-7,14H2,1-2H3. The Morgan fingerprint density at radius 2 is 1.86 bits per heavy atom. The Morgan fingerprint density at radius 3 is 2.29 bits per heavy atom. The number of hydrogen-bond donors (Lipinski definition) is 1. The van der Waals surface area contributed by atoms with E-state index in [2.05, 4.69) is 13.8 Å². The molecule has 0 amide bonds. The van der Waals surface area contributed by atoms with Crippen LogP contribution in [0.1, 0.15) is 46.0 Å². The van der Waals surface area contributed by atoms with Crippen LogP contribution in [0.15, 0.2) is 0 Å². The third-order valence-corrected chi connectivity index (χ3v) is 2.44. The normalized spacial score (nSPS) is 16.7. The summed E-state index contributed by atoms with van der Waals surface area (Å²) in [6.07, 6.45) is -2.25. The molecule has 0 saturated carbocycles. The second-order valence-corrected chi connectivity index (χ2v) is 4.02. The lowest BCUT2D eigenvalue weighted by molar-refractivity contribution is -0.135. The zero-order valence-corrected chi connectivity index (χ0v) is 8.90. The molecule has 2 atom stereocenters. The van der Waals surface area contributed by atoms with E-state index in [-0.39, 0.29) is 12.5 Å². The van der Waals surface area contributed by atoms with Gasteiger partial charge in [0.15, 0.2) is 0 Å². The number of alkyl halides is 3. The molecule has 2 unspecified atom stereocenters. The highest BCUT2D eigenvalue weighted by Crippen LogP contribution is 2.23. The molecule has 0 radical (unpaired) electrons. The van der Waals surface area contributed by atoms with Crippen molar-refractivity contribution in [2.75, 3.05) is 0 Å². The Kier molecular flexibility index (Phi) is 6.16.